The number of aliphatic carboxylic acids is 1. The molecule has 0 saturated heterocycles. The molecule has 0 bridgehead atoms. The first-order chi connectivity index (χ1) is 9.60. The van der Waals surface area contributed by atoms with E-state index in [1.165, 1.54) is 0 Å². The molecule has 0 aliphatic heterocycles. The first-order valence-corrected chi connectivity index (χ1v) is 6.93. The molecular weight excluding hydrogens is 294 g/mol. The molecule has 5 nitrogen and oxygen atoms in total. The van der Waals surface area contributed by atoms with E-state index in [0.29, 0.717) is 5.02 Å². The average molecular weight is 314 g/mol. The van der Waals surface area contributed by atoms with E-state index >= 15 is 0 Å². The van der Waals surface area contributed by atoms with E-state index in [-0.39, 0.29) is 6.42 Å². The summed E-state index contributed by atoms with van der Waals surface area (Å²) in [6, 6.07) is 5.99. The summed E-state index contributed by atoms with van der Waals surface area (Å²) in [5.41, 5.74) is 5.94. The Bertz CT molecular complexity index is 507. The molecule has 0 amide bonds. The van der Waals surface area contributed by atoms with Gasteiger partial charge in [0.2, 0.25) is 0 Å². The Balaban J connectivity index is 2.82. The van der Waals surface area contributed by atoms with Gasteiger partial charge in [0.05, 0.1) is 0 Å². The Morgan fingerprint density at radius 1 is 1.29 bits per heavy atom. The van der Waals surface area contributed by atoms with E-state index in [2.05, 4.69) is 0 Å². The van der Waals surface area contributed by atoms with E-state index in [1.807, 2.05) is 0 Å². The number of carboxylic acid groups (broad SMARTS) is 1. The van der Waals surface area contributed by atoms with Gasteiger partial charge >= 0.3 is 11.9 Å². The molecule has 0 aromatic heterocycles. The largest absolute Gasteiger partial charge is 0.481 e. The number of carbonyl (C=O) groups excluding carboxylic acids is 1. The number of halogens is 1. The van der Waals surface area contributed by atoms with Crippen LogP contribution in [0.25, 0.3) is 0 Å². The minimum absolute atomic E-state index is 0.243. The van der Waals surface area contributed by atoms with Crippen LogP contribution in [0.1, 0.15) is 26.3 Å². The molecule has 0 radical (unpaired) electrons. The Kier molecular flexibility index (Phi) is 5.75. The van der Waals surface area contributed by atoms with Crippen LogP contribution < -0.4 is 5.73 Å². The highest BCUT2D eigenvalue weighted by Gasteiger charge is 2.36. The van der Waals surface area contributed by atoms with Crippen LogP contribution in [0.3, 0.4) is 0 Å². The van der Waals surface area contributed by atoms with Crippen molar-refractivity contribution in [2.45, 2.75) is 38.8 Å². The Morgan fingerprint density at radius 2 is 1.81 bits per heavy atom. The summed E-state index contributed by atoms with van der Waals surface area (Å²) in [7, 11) is 0. The van der Waals surface area contributed by atoms with Gasteiger partial charge in [-0.05, 0) is 44.9 Å². The van der Waals surface area contributed by atoms with Gasteiger partial charge in [-0.15, -0.1) is 0 Å². The predicted molar refractivity (Wildman–Crippen MR) is 80.1 cm³/mol. The predicted octanol–water partition coefficient (Wildman–Crippen LogP) is 2.25. The lowest BCUT2D eigenvalue weighted by atomic mass is 9.94. The van der Waals surface area contributed by atoms with Gasteiger partial charge in [-0.25, -0.2) is 0 Å². The second-order valence-electron chi connectivity index (χ2n) is 5.84. The number of benzene rings is 1. The zero-order valence-corrected chi connectivity index (χ0v) is 13.1. The summed E-state index contributed by atoms with van der Waals surface area (Å²) < 4.78 is 5.12. The molecule has 0 fully saturated rings. The second kappa shape index (κ2) is 6.91. The van der Waals surface area contributed by atoms with Crippen LogP contribution >= 0.6 is 11.6 Å². The average Bonchev–Trinajstić information content (AvgIpc) is 2.29. The van der Waals surface area contributed by atoms with Gasteiger partial charge < -0.3 is 15.6 Å². The van der Waals surface area contributed by atoms with Crippen molar-refractivity contribution in [3.8, 4) is 0 Å². The van der Waals surface area contributed by atoms with Crippen molar-refractivity contribution in [1.29, 1.82) is 0 Å². The lowest BCUT2D eigenvalue weighted by Crippen LogP contribution is -2.45. The maximum Gasteiger partial charge on any atom is 0.322 e. The molecule has 3 N–H and O–H groups in total. The Morgan fingerprint density at radius 3 is 2.24 bits per heavy atom. The molecule has 0 aliphatic rings. The fourth-order valence-corrected chi connectivity index (χ4v) is 1.96. The molecule has 2 unspecified atom stereocenters. The molecule has 0 aliphatic carbocycles. The van der Waals surface area contributed by atoms with E-state index in [4.69, 9.17) is 22.1 Å². The molecule has 0 spiro atoms. The lowest BCUT2D eigenvalue weighted by molar-refractivity contribution is -0.167. The van der Waals surface area contributed by atoms with Crippen LogP contribution in [0.15, 0.2) is 24.3 Å². The fraction of sp³-hybridized carbons (Fsp3) is 0.467. The lowest BCUT2D eigenvalue weighted by Gasteiger charge is -2.25. The normalized spacial score (nSPS) is 14.3. The van der Waals surface area contributed by atoms with Crippen LogP contribution in [0.5, 0.6) is 0 Å². The van der Waals surface area contributed by atoms with Crippen molar-refractivity contribution < 1.29 is 19.4 Å². The van der Waals surface area contributed by atoms with Gasteiger partial charge in [-0.3, -0.25) is 9.59 Å². The van der Waals surface area contributed by atoms with Gasteiger partial charge in [0.25, 0.3) is 0 Å². The number of esters is 1. The van der Waals surface area contributed by atoms with Gasteiger partial charge in [0, 0.05) is 11.1 Å². The van der Waals surface area contributed by atoms with E-state index in [1.54, 1.807) is 45.0 Å². The van der Waals surface area contributed by atoms with Gasteiger partial charge in [0.1, 0.15) is 5.60 Å². The van der Waals surface area contributed by atoms with Crippen molar-refractivity contribution in [3.05, 3.63) is 34.9 Å². The molecule has 2 atom stereocenters. The Labute approximate surface area is 129 Å². The number of carboxylic acids is 1. The first-order valence-electron chi connectivity index (χ1n) is 6.56. The smallest absolute Gasteiger partial charge is 0.322 e. The third kappa shape index (κ3) is 5.73. The standard InChI is InChI=1S/C15H20ClNO4/c1-15(2,3)21-14(20)12(13(18)19)11(17)8-9-4-6-10(16)7-5-9/h4-7,11-12H,8,17H2,1-3H3,(H,18,19). The van der Waals surface area contributed by atoms with Crippen LogP contribution in [-0.2, 0) is 20.7 Å². The number of carbonyl (C=O) groups is 2. The van der Waals surface area contributed by atoms with Crippen molar-refractivity contribution >= 4 is 23.5 Å². The third-order valence-corrected chi connectivity index (χ3v) is 2.99. The molecular formula is C15H20ClNO4. The van der Waals surface area contributed by atoms with Crippen LogP contribution in [0, 0.1) is 5.92 Å². The van der Waals surface area contributed by atoms with E-state index in [9.17, 15) is 14.7 Å². The topological polar surface area (TPSA) is 89.6 Å². The summed E-state index contributed by atoms with van der Waals surface area (Å²) in [6.07, 6.45) is 0.243. The minimum atomic E-state index is -1.40. The number of nitrogens with two attached hydrogens (primary N) is 1. The van der Waals surface area contributed by atoms with Crippen LogP contribution in [-0.4, -0.2) is 28.7 Å². The monoisotopic (exact) mass is 313 g/mol. The quantitative estimate of drug-likeness (QED) is 0.643. The maximum absolute atomic E-state index is 12.0. The van der Waals surface area contributed by atoms with E-state index < -0.39 is 29.5 Å². The molecule has 0 heterocycles. The molecule has 6 heteroatoms. The number of hydrogen-bond acceptors (Lipinski definition) is 4. The van der Waals surface area contributed by atoms with Crippen LogP contribution in [0.2, 0.25) is 5.02 Å². The minimum Gasteiger partial charge on any atom is -0.481 e. The summed E-state index contributed by atoms with van der Waals surface area (Å²) >= 11 is 5.78. The van der Waals surface area contributed by atoms with Gasteiger partial charge in [-0.2, -0.15) is 0 Å². The Hall–Kier alpha value is -1.59. The van der Waals surface area contributed by atoms with Crippen LogP contribution in [0.4, 0.5) is 0 Å². The number of rotatable bonds is 5. The zero-order chi connectivity index (χ0) is 16.2. The highest BCUT2D eigenvalue weighted by atomic mass is 35.5. The SMILES string of the molecule is CC(C)(C)OC(=O)C(C(=O)O)C(N)Cc1ccc(Cl)cc1. The number of ether oxygens (including phenoxy) is 1. The van der Waals surface area contributed by atoms with Gasteiger partial charge in [0.15, 0.2) is 5.92 Å². The van der Waals surface area contributed by atoms with Crippen molar-refractivity contribution in [2.24, 2.45) is 11.7 Å². The molecule has 1 aromatic carbocycles. The first kappa shape index (κ1) is 17.5. The summed E-state index contributed by atoms with van der Waals surface area (Å²) in [4.78, 5) is 23.3. The van der Waals surface area contributed by atoms with Crippen molar-refractivity contribution in [2.75, 3.05) is 0 Å². The summed E-state index contributed by atoms with van der Waals surface area (Å²) in [6.45, 7) is 5.03. The summed E-state index contributed by atoms with van der Waals surface area (Å²) in [5.74, 6) is -3.51. The molecule has 116 valence electrons. The molecule has 0 saturated carbocycles. The zero-order valence-electron chi connectivity index (χ0n) is 12.3. The summed E-state index contributed by atoms with van der Waals surface area (Å²) in [5, 5.41) is 9.81. The second-order valence-corrected chi connectivity index (χ2v) is 6.28. The van der Waals surface area contributed by atoms with Gasteiger partial charge in [-0.1, -0.05) is 23.7 Å². The molecule has 1 rings (SSSR count). The van der Waals surface area contributed by atoms with Crippen molar-refractivity contribution in [1.82, 2.24) is 0 Å². The number of hydrogen-bond donors (Lipinski definition) is 2. The molecule has 21 heavy (non-hydrogen) atoms. The maximum atomic E-state index is 12.0. The highest BCUT2D eigenvalue weighted by Crippen LogP contribution is 2.17. The third-order valence-electron chi connectivity index (χ3n) is 2.74. The molecule has 1 aromatic rings. The highest BCUT2D eigenvalue weighted by molar-refractivity contribution is 6.30. The van der Waals surface area contributed by atoms with E-state index in [0.717, 1.165) is 5.56 Å². The fourth-order valence-electron chi connectivity index (χ4n) is 1.83. The van der Waals surface area contributed by atoms with Crippen molar-refractivity contribution in [3.63, 3.8) is 0 Å².